The van der Waals surface area contributed by atoms with E-state index in [1.54, 1.807) is 0 Å². The van der Waals surface area contributed by atoms with Crippen LogP contribution in [0.25, 0.3) is 11.1 Å². The molecule has 2 aromatic rings. The molecule has 4 N–H and O–H groups in total. The van der Waals surface area contributed by atoms with E-state index in [4.69, 9.17) is 22.1 Å². The van der Waals surface area contributed by atoms with Gasteiger partial charge in [0.15, 0.2) is 0 Å². The first-order chi connectivity index (χ1) is 13.3. The zero-order valence-electron chi connectivity index (χ0n) is 16.9. The molecule has 3 unspecified atom stereocenters. The summed E-state index contributed by atoms with van der Waals surface area (Å²) in [5.74, 6) is 2.14. The number of nitrogens with zero attached hydrogens (tertiary/aromatic N) is 2. The van der Waals surface area contributed by atoms with Crippen molar-refractivity contribution in [3.05, 3.63) is 28.9 Å². The summed E-state index contributed by atoms with van der Waals surface area (Å²) in [5, 5.41) is 13.5. The number of aliphatic hydroxyl groups is 1. The van der Waals surface area contributed by atoms with Gasteiger partial charge in [0.1, 0.15) is 16.7 Å². The van der Waals surface area contributed by atoms with E-state index in [-0.39, 0.29) is 29.9 Å². The van der Waals surface area contributed by atoms with Crippen molar-refractivity contribution in [2.75, 3.05) is 24.3 Å². The molecular formula is C21H29ClN4O2. The number of benzene rings is 1. The number of halogens is 1. The lowest BCUT2D eigenvalue weighted by Gasteiger charge is -2.34. The van der Waals surface area contributed by atoms with Crippen molar-refractivity contribution < 1.29 is 9.84 Å². The average molecular weight is 405 g/mol. The molecule has 0 bridgehead atoms. The second-order valence-electron chi connectivity index (χ2n) is 7.82. The summed E-state index contributed by atoms with van der Waals surface area (Å²) in [6, 6.07) is 5.92. The highest BCUT2D eigenvalue weighted by molar-refractivity contribution is 6.32. The number of hydrogen-bond donors (Lipinski definition) is 3. The van der Waals surface area contributed by atoms with Crippen LogP contribution in [0.15, 0.2) is 18.2 Å². The number of nitrogen functional groups attached to an aromatic ring is 1. The van der Waals surface area contributed by atoms with Gasteiger partial charge in [-0.2, -0.15) is 4.98 Å². The quantitative estimate of drug-likeness (QED) is 0.621. The number of rotatable bonds is 6. The van der Waals surface area contributed by atoms with Crippen molar-refractivity contribution >= 4 is 23.4 Å². The van der Waals surface area contributed by atoms with Crippen molar-refractivity contribution in [2.45, 2.75) is 46.1 Å². The normalized spacial score (nSPS) is 24.4. The van der Waals surface area contributed by atoms with Crippen LogP contribution in [0.1, 0.15) is 39.2 Å². The minimum absolute atomic E-state index is 0.131. The first-order valence-corrected chi connectivity index (χ1v) is 10.1. The maximum atomic E-state index is 9.65. The van der Waals surface area contributed by atoms with Gasteiger partial charge in [0.25, 0.3) is 0 Å². The minimum Gasteiger partial charge on any atom is -0.494 e. The lowest BCUT2D eigenvalue weighted by molar-refractivity contribution is 0.187. The van der Waals surface area contributed by atoms with Gasteiger partial charge in [0, 0.05) is 12.1 Å². The van der Waals surface area contributed by atoms with E-state index >= 15 is 0 Å². The Morgan fingerprint density at radius 1 is 1.39 bits per heavy atom. The van der Waals surface area contributed by atoms with E-state index in [0.29, 0.717) is 17.6 Å². The average Bonchev–Trinajstić information content (AvgIpc) is 2.91. The van der Waals surface area contributed by atoms with Gasteiger partial charge in [-0.1, -0.05) is 24.6 Å². The Balaban J connectivity index is 2.03. The molecule has 3 rings (SSSR count). The fourth-order valence-corrected chi connectivity index (χ4v) is 4.38. The minimum atomic E-state index is -0.216. The number of hydrogen-bond acceptors (Lipinski definition) is 6. The largest absolute Gasteiger partial charge is 0.494 e. The smallest absolute Gasteiger partial charge is 0.223 e. The van der Waals surface area contributed by atoms with Gasteiger partial charge in [-0.3, -0.25) is 0 Å². The van der Waals surface area contributed by atoms with E-state index in [1.807, 2.05) is 32.0 Å². The van der Waals surface area contributed by atoms with Gasteiger partial charge < -0.3 is 20.9 Å². The van der Waals surface area contributed by atoms with Crippen molar-refractivity contribution in [3.63, 3.8) is 0 Å². The molecule has 0 spiro atoms. The van der Waals surface area contributed by atoms with Crippen molar-refractivity contribution in [1.82, 2.24) is 9.97 Å². The predicted octanol–water partition coefficient (Wildman–Crippen LogP) is 4.30. The first kappa shape index (κ1) is 20.7. The summed E-state index contributed by atoms with van der Waals surface area (Å²) in [6.45, 7) is 9.08. The van der Waals surface area contributed by atoms with Gasteiger partial charge in [-0.05, 0) is 68.7 Å². The second-order valence-corrected chi connectivity index (χ2v) is 8.18. The number of ether oxygens (including phenoxy) is 1. The fourth-order valence-electron chi connectivity index (χ4n) is 4.10. The van der Waals surface area contributed by atoms with E-state index in [9.17, 15) is 5.11 Å². The molecule has 0 saturated heterocycles. The summed E-state index contributed by atoms with van der Waals surface area (Å²) in [4.78, 5) is 8.64. The van der Waals surface area contributed by atoms with Gasteiger partial charge in [-0.25, -0.2) is 4.98 Å². The standard InChI is InChI=1S/C21H29ClN4O2/c1-5-28-16-7-6-14(10-12(16)2)17-18(22)24-20(23)25-19(17)26-21(4)9-8-15(11-27)13(21)3/h6-7,10,13,15,27H,5,8-9,11H2,1-4H3,(H3,23,24,25,26). The van der Waals surface area contributed by atoms with Crippen LogP contribution in [0.2, 0.25) is 5.15 Å². The van der Waals surface area contributed by atoms with Crippen LogP contribution >= 0.6 is 11.6 Å². The van der Waals surface area contributed by atoms with Gasteiger partial charge >= 0.3 is 0 Å². The molecule has 1 saturated carbocycles. The zero-order chi connectivity index (χ0) is 20.5. The molecule has 1 fully saturated rings. The molecule has 152 valence electrons. The molecule has 1 heterocycles. The summed E-state index contributed by atoms with van der Waals surface area (Å²) in [6.07, 6.45) is 1.90. The van der Waals surface area contributed by atoms with Gasteiger partial charge in [-0.15, -0.1) is 0 Å². The molecule has 28 heavy (non-hydrogen) atoms. The molecule has 0 amide bonds. The maximum Gasteiger partial charge on any atom is 0.223 e. The van der Waals surface area contributed by atoms with Gasteiger partial charge in [0.05, 0.1) is 12.2 Å². The molecule has 1 aliphatic rings. The van der Waals surface area contributed by atoms with Crippen LogP contribution in [-0.2, 0) is 0 Å². The highest BCUT2D eigenvalue weighted by Crippen LogP contribution is 2.44. The SMILES string of the molecule is CCOc1ccc(-c2c(Cl)nc(N)nc2NC2(C)CCC(CO)C2C)cc1C. The Kier molecular flexibility index (Phi) is 6.01. The van der Waals surface area contributed by atoms with Crippen molar-refractivity contribution in [1.29, 1.82) is 0 Å². The molecular weight excluding hydrogens is 376 g/mol. The number of aromatic nitrogens is 2. The molecule has 0 radical (unpaired) electrons. The Bertz CT molecular complexity index is 861. The molecule has 1 aromatic heterocycles. The van der Waals surface area contributed by atoms with Crippen LogP contribution < -0.4 is 15.8 Å². The summed E-state index contributed by atoms with van der Waals surface area (Å²) in [5.41, 5.74) is 8.33. The van der Waals surface area contributed by atoms with E-state index in [0.717, 1.165) is 35.3 Å². The van der Waals surface area contributed by atoms with Crippen molar-refractivity contribution in [2.24, 2.45) is 11.8 Å². The number of aryl methyl sites for hydroxylation is 1. The fraction of sp³-hybridized carbons (Fsp3) is 0.524. The second kappa shape index (κ2) is 8.13. The third kappa shape index (κ3) is 3.89. The van der Waals surface area contributed by atoms with E-state index in [1.165, 1.54) is 0 Å². The Morgan fingerprint density at radius 2 is 2.14 bits per heavy atom. The van der Waals surface area contributed by atoms with Crippen LogP contribution in [0, 0.1) is 18.8 Å². The van der Waals surface area contributed by atoms with Crippen LogP contribution in [0.4, 0.5) is 11.8 Å². The first-order valence-electron chi connectivity index (χ1n) is 9.75. The Labute approximate surface area is 171 Å². The van der Waals surface area contributed by atoms with E-state index in [2.05, 4.69) is 29.1 Å². The molecule has 1 aromatic carbocycles. The zero-order valence-corrected chi connectivity index (χ0v) is 17.7. The lowest BCUT2D eigenvalue weighted by Crippen LogP contribution is -2.40. The molecule has 0 aliphatic heterocycles. The third-order valence-electron chi connectivity index (χ3n) is 6.03. The monoisotopic (exact) mass is 404 g/mol. The Hall–Kier alpha value is -2.05. The Morgan fingerprint density at radius 3 is 2.75 bits per heavy atom. The topological polar surface area (TPSA) is 93.3 Å². The van der Waals surface area contributed by atoms with Crippen LogP contribution in [-0.4, -0.2) is 33.8 Å². The summed E-state index contributed by atoms with van der Waals surface area (Å²) < 4.78 is 5.65. The number of anilines is 2. The van der Waals surface area contributed by atoms with Gasteiger partial charge in [0.2, 0.25) is 5.95 Å². The van der Waals surface area contributed by atoms with Crippen molar-refractivity contribution in [3.8, 4) is 16.9 Å². The lowest BCUT2D eigenvalue weighted by atomic mass is 9.86. The summed E-state index contributed by atoms with van der Waals surface area (Å²) in [7, 11) is 0. The summed E-state index contributed by atoms with van der Waals surface area (Å²) >= 11 is 6.50. The predicted molar refractivity (Wildman–Crippen MR) is 114 cm³/mol. The molecule has 3 atom stereocenters. The van der Waals surface area contributed by atoms with Crippen LogP contribution in [0.3, 0.4) is 0 Å². The molecule has 7 heteroatoms. The maximum absolute atomic E-state index is 9.65. The number of aliphatic hydroxyl groups excluding tert-OH is 1. The van der Waals surface area contributed by atoms with E-state index < -0.39 is 0 Å². The molecule has 1 aliphatic carbocycles. The third-order valence-corrected chi connectivity index (χ3v) is 6.30. The highest BCUT2D eigenvalue weighted by Gasteiger charge is 2.42. The molecule has 6 nitrogen and oxygen atoms in total. The highest BCUT2D eigenvalue weighted by atomic mass is 35.5. The number of nitrogens with one attached hydrogen (secondary N) is 1. The number of nitrogens with two attached hydrogens (primary N) is 1. The van der Waals surface area contributed by atoms with Crippen LogP contribution in [0.5, 0.6) is 5.75 Å².